The van der Waals surface area contributed by atoms with E-state index >= 15 is 0 Å². The third-order valence-electron chi connectivity index (χ3n) is 4.15. The number of hydrogen-bond acceptors (Lipinski definition) is 5. The van der Waals surface area contributed by atoms with Gasteiger partial charge in [0.1, 0.15) is 13.2 Å². The minimum atomic E-state index is -3.45. The van der Waals surface area contributed by atoms with E-state index < -0.39 is 15.7 Å². The summed E-state index contributed by atoms with van der Waals surface area (Å²) in [4.78, 5) is 12.5. The lowest BCUT2D eigenvalue weighted by Crippen LogP contribution is -2.27. The van der Waals surface area contributed by atoms with Crippen molar-refractivity contribution in [1.29, 1.82) is 0 Å². The number of rotatable bonds is 6. The first kappa shape index (κ1) is 18.3. The fourth-order valence-electron chi connectivity index (χ4n) is 2.74. The number of benzene rings is 2. The molecule has 1 N–H and O–H groups in total. The van der Waals surface area contributed by atoms with E-state index in [0.29, 0.717) is 31.9 Å². The fraction of sp³-hybridized carbons (Fsp3) is 0.316. The highest BCUT2D eigenvalue weighted by molar-refractivity contribution is 7.91. The zero-order chi connectivity index (χ0) is 18.6. The summed E-state index contributed by atoms with van der Waals surface area (Å²) in [5.74, 6) is 0.992. The number of amides is 1. The molecule has 7 heteroatoms. The van der Waals surface area contributed by atoms with Gasteiger partial charge in [-0.25, -0.2) is 8.42 Å². The van der Waals surface area contributed by atoms with Gasteiger partial charge in [-0.3, -0.25) is 4.79 Å². The van der Waals surface area contributed by atoms with Crippen molar-refractivity contribution in [3.05, 3.63) is 53.6 Å². The Morgan fingerprint density at radius 1 is 1.08 bits per heavy atom. The summed E-state index contributed by atoms with van der Waals surface area (Å²) in [7, 11) is -3.45. The molecule has 0 spiro atoms. The maximum atomic E-state index is 12.4. The van der Waals surface area contributed by atoms with Crippen LogP contribution in [0, 0.1) is 0 Å². The molecular formula is C19H21NO5S. The van der Waals surface area contributed by atoms with Gasteiger partial charge in [-0.1, -0.05) is 25.1 Å². The van der Waals surface area contributed by atoms with Gasteiger partial charge in [0.15, 0.2) is 21.3 Å². The van der Waals surface area contributed by atoms with Crippen LogP contribution in [0.4, 0.5) is 0 Å². The van der Waals surface area contributed by atoms with E-state index in [0.717, 1.165) is 11.3 Å². The number of sulfone groups is 1. The molecule has 3 rings (SSSR count). The van der Waals surface area contributed by atoms with Crippen LogP contribution in [0.25, 0.3) is 0 Å². The van der Waals surface area contributed by atoms with Crippen LogP contribution in [0.2, 0.25) is 0 Å². The molecule has 0 radical (unpaired) electrons. The normalized spacial score (nSPS) is 13.3. The first-order valence-electron chi connectivity index (χ1n) is 8.50. The molecule has 1 aliphatic heterocycles. The first-order valence-corrected chi connectivity index (χ1v) is 10.1. The summed E-state index contributed by atoms with van der Waals surface area (Å²) >= 11 is 0. The summed E-state index contributed by atoms with van der Waals surface area (Å²) < 4.78 is 35.3. The molecule has 0 fully saturated rings. The van der Waals surface area contributed by atoms with Gasteiger partial charge in [0.05, 0.1) is 16.2 Å². The second-order valence-corrected chi connectivity index (χ2v) is 8.13. The van der Waals surface area contributed by atoms with Gasteiger partial charge in [0, 0.05) is 6.54 Å². The van der Waals surface area contributed by atoms with Crippen molar-refractivity contribution in [2.75, 3.05) is 25.5 Å². The first-order chi connectivity index (χ1) is 12.5. The zero-order valence-electron chi connectivity index (χ0n) is 14.5. The molecule has 1 heterocycles. The minimum Gasteiger partial charge on any atom is -0.486 e. The summed E-state index contributed by atoms with van der Waals surface area (Å²) in [5, 5.41) is 2.79. The molecule has 0 saturated carbocycles. The molecule has 0 aromatic heterocycles. The number of carbonyl (C=O) groups is 1. The third-order valence-corrected chi connectivity index (χ3v) is 5.94. The molecule has 1 aliphatic rings. The Balaban J connectivity index is 1.65. The van der Waals surface area contributed by atoms with Crippen LogP contribution in [-0.2, 0) is 16.3 Å². The van der Waals surface area contributed by atoms with E-state index in [2.05, 4.69) is 5.32 Å². The van der Waals surface area contributed by atoms with Crippen LogP contribution in [-0.4, -0.2) is 39.8 Å². The van der Waals surface area contributed by atoms with Gasteiger partial charge in [-0.2, -0.15) is 0 Å². The van der Waals surface area contributed by atoms with Crippen LogP contribution in [0.3, 0.4) is 0 Å². The van der Waals surface area contributed by atoms with Crippen molar-refractivity contribution in [1.82, 2.24) is 5.32 Å². The lowest BCUT2D eigenvalue weighted by Gasteiger charge is -2.19. The third kappa shape index (κ3) is 3.99. The van der Waals surface area contributed by atoms with Crippen LogP contribution < -0.4 is 14.8 Å². The molecule has 0 aliphatic carbocycles. The summed E-state index contributed by atoms with van der Waals surface area (Å²) in [6, 6.07) is 12.0. The highest BCUT2D eigenvalue weighted by Crippen LogP contribution is 2.30. The summed E-state index contributed by atoms with van der Waals surface area (Å²) in [6.07, 6.45) is 0.602. The zero-order valence-corrected chi connectivity index (χ0v) is 15.3. The van der Waals surface area contributed by atoms with Crippen molar-refractivity contribution < 1.29 is 22.7 Å². The highest BCUT2D eigenvalue weighted by atomic mass is 32.2. The van der Waals surface area contributed by atoms with E-state index in [1.807, 2.05) is 18.2 Å². The lowest BCUT2D eigenvalue weighted by atomic mass is 10.1. The molecular weight excluding hydrogens is 354 g/mol. The van der Waals surface area contributed by atoms with E-state index in [1.54, 1.807) is 19.1 Å². The maximum Gasteiger partial charge on any atom is 0.252 e. The van der Waals surface area contributed by atoms with Crippen LogP contribution in [0.5, 0.6) is 11.5 Å². The Morgan fingerprint density at radius 3 is 2.58 bits per heavy atom. The molecule has 0 saturated heterocycles. The van der Waals surface area contributed by atoms with Crippen molar-refractivity contribution in [2.45, 2.75) is 18.2 Å². The maximum absolute atomic E-state index is 12.4. The molecule has 26 heavy (non-hydrogen) atoms. The molecule has 0 atom stereocenters. The monoisotopic (exact) mass is 375 g/mol. The number of nitrogens with one attached hydrogen (secondary N) is 1. The average Bonchev–Trinajstić information content (AvgIpc) is 2.67. The fourth-order valence-corrected chi connectivity index (χ4v) is 3.83. The van der Waals surface area contributed by atoms with Gasteiger partial charge in [0.2, 0.25) is 0 Å². The van der Waals surface area contributed by atoms with Gasteiger partial charge in [-0.15, -0.1) is 0 Å². The average molecular weight is 375 g/mol. The van der Waals surface area contributed by atoms with E-state index in [4.69, 9.17) is 9.47 Å². The molecule has 0 unspecified atom stereocenters. The van der Waals surface area contributed by atoms with Crippen LogP contribution >= 0.6 is 0 Å². The SMILES string of the molecule is CCS(=O)(=O)c1ccccc1C(=O)NCCc1ccc2c(c1)OCCO2. The largest absolute Gasteiger partial charge is 0.486 e. The second-order valence-electron chi connectivity index (χ2n) is 5.88. The minimum absolute atomic E-state index is 0.0471. The van der Waals surface area contributed by atoms with Crippen molar-refractivity contribution >= 4 is 15.7 Å². The molecule has 0 bridgehead atoms. The molecule has 6 nitrogen and oxygen atoms in total. The van der Waals surface area contributed by atoms with Gasteiger partial charge in [0.25, 0.3) is 5.91 Å². The predicted molar refractivity (Wildman–Crippen MR) is 97.6 cm³/mol. The topological polar surface area (TPSA) is 81.7 Å². The van der Waals surface area contributed by atoms with Crippen LogP contribution in [0.15, 0.2) is 47.4 Å². The van der Waals surface area contributed by atoms with Crippen molar-refractivity contribution in [2.24, 2.45) is 0 Å². The van der Waals surface area contributed by atoms with E-state index in [-0.39, 0.29) is 16.2 Å². The van der Waals surface area contributed by atoms with E-state index in [9.17, 15) is 13.2 Å². The standard InChI is InChI=1S/C19H21NO5S/c1-2-26(22,23)18-6-4-3-5-15(18)19(21)20-10-9-14-7-8-16-17(13-14)25-12-11-24-16/h3-8,13H,2,9-12H2,1H3,(H,20,21). The van der Waals surface area contributed by atoms with Crippen molar-refractivity contribution in [3.8, 4) is 11.5 Å². The second kappa shape index (κ2) is 7.78. The van der Waals surface area contributed by atoms with Gasteiger partial charge >= 0.3 is 0 Å². The Morgan fingerprint density at radius 2 is 1.81 bits per heavy atom. The molecule has 1 amide bonds. The highest BCUT2D eigenvalue weighted by Gasteiger charge is 2.20. The van der Waals surface area contributed by atoms with Gasteiger partial charge in [-0.05, 0) is 36.2 Å². The Labute approximate surface area is 153 Å². The smallest absolute Gasteiger partial charge is 0.252 e. The predicted octanol–water partition coefficient (Wildman–Crippen LogP) is 2.22. The number of hydrogen-bond donors (Lipinski definition) is 1. The summed E-state index contributed by atoms with van der Waals surface area (Å²) in [5.41, 5.74) is 1.18. The Bertz CT molecular complexity index is 908. The quantitative estimate of drug-likeness (QED) is 0.837. The Hall–Kier alpha value is -2.54. The molecule has 2 aromatic carbocycles. The van der Waals surface area contributed by atoms with Crippen molar-refractivity contribution in [3.63, 3.8) is 0 Å². The number of ether oxygens (including phenoxy) is 2. The van der Waals surface area contributed by atoms with E-state index in [1.165, 1.54) is 12.1 Å². The number of carbonyl (C=O) groups excluding carboxylic acids is 1. The van der Waals surface area contributed by atoms with Crippen LogP contribution in [0.1, 0.15) is 22.8 Å². The number of fused-ring (bicyclic) bond motifs is 1. The van der Waals surface area contributed by atoms with Gasteiger partial charge < -0.3 is 14.8 Å². The summed E-state index contributed by atoms with van der Waals surface area (Å²) in [6.45, 7) is 3.02. The molecule has 2 aromatic rings. The lowest BCUT2D eigenvalue weighted by molar-refractivity contribution is 0.0951. The Kier molecular flexibility index (Phi) is 5.46. The molecule has 138 valence electrons.